The van der Waals surface area contributed by atoms with E-state index < -0.39 is 23.4 Å². The fraction of sp³-hybridized carbons (Fsp3) is 0.350. The molecule has 0 radical (unpaired) electrons. The fourth-order valence-corrected chi connectivity index (χ4v) is 2.79. The molecule has 160 valence electrons. The monoisotopic (exact) mass is 423 g/mol. The zero-order valence-corrected chi connectivity index (χ0v) is 17.0. The highest BCUT2D eigenvalue weighted by Crippen LogP contribution is 2.36. The van der Waals surface area contributed by atoms with Crippen LogP contribution in [-0.2, 0) is 10.9 Å². The number of carbonyl (C=O) groups is 1. The quantitative estimate of drug-likeness (QED) is 0.580. The summed E-state index contributed by atoms with van der Waals surface area (Å²) in [4.78, 5) is 16.8. The first-order chi connectivity index (χ1) is 13.9. The van der Waals surface area contributed by atoms with Crippen LogP contribution < -0.4 is 9.47 Å². The minimum absolute atomic E-state index is 0.0129. The van der Waals surface area contributed by atoms with Crippen molar-refractivity contribution in [1.82, 2.24) is 14.6 Å². The minimum Gasteiger partial charge on any atom is -0.493 e. The topological polar surface area (TPSA) is 75.0 Å². The molecule has 0 atom stereocenters. The van der Waals surface area contributed by atoms with E-state index >= 15 is 0 Å². The van der Waals surface area contributed by atoms with Crippen molar-refractivity contribution in [3.63, 3.8) is 0 Å². The van der Waals surface area contributed by atoms with Crippen LogP contribution in [0, 0.1) is 0 Å². The smallest absolute Gasteiger partial charge is 0.433 e. The highest BCUT2D eigenvalue weighted by molar-refractivity contribution is 5.96. The standard InChI is InChI=1S/C20H20F3N3O4/c1-19(2,3)30-18(27)12-10-24-26-16(20(21,22)23)9-13(25-17(12)26)11-6-7-14(28-4)15(8-11)29-5/h6-10H,1-5H3. The molecule has 0 saturated heterocycles. The Morgan fingerprint density at radius 2 is 1.70 bits per heavy atom. The molecule has 7 nitrogen and oxygen atoms in total. The second-order valence-corrected chi connectivity index (χ2v) is 7.39. The maximum Gasteiger partial charge on any atom is 0.433 e. The fourth-order valence-electron chi connectivity index (χ4n) is 2.79. The molecule has 2 heterocycles. The highest BCUT2D eigenvalue weighted by Gasteiger charge is 2.36. The molecule has 30 heavy (non-hydrogen) atoms. The van der Waals surface area contributed by atoms with Gasteiger partial charge < -0.3 is 14.2 Å². The van der Waals surface area contributed by atoms with Gasteiger partial charge in [0.15, 0.2) is 22.8 Å². The summed E-state index contributed by atoms with van der Waals surface area (Å²) >= 11 is 0. The van der Waals surface area contributed by atoms with Crippen LogP contribution in [0.1, 0.15) is 36.8 Å². The maximum atomic E-state index is 13.7. The lowest BCUT2D eigenvalue weighted by atomic mass is 10.1. The third-order valence-electron chi connectivity index (χ3n) is 4.06. The summed E-state index contributed by atoms with van der Waals surface area (Å²) in [6.07, 6.45) is -3.71. The van der Waals surface area contributed by atoms with Crippen LogP contribution in [0.15, 0.2) is 30.5 Å². The summed E-state index contributed by atoms with van der Waals surface area (Å²) in [5.41, 5.74) is -2.01. The van der Waals surface area contributed by atoms with Crippen LogP contribution in [0.25, 0.3) is 16.9 Å². The molecule has 0 aliphatic rings. The van der Waals surface area contributed by atoms with Gasteiger partial charge in [0.1, 0.15) is 11.2 Å². The number of fused-ring (bicyclic) bond motifs is 1. The molecule has 0 bridgehead atoms. The average Bonchev–Trinajstić information content (AvgIpc) is 3.08. The van der Waals surface area contributed by atoms with Gasteiger partial charge in [0.2, 0.25) is 0 Å². The van der Waals surface area contributed by atoms with E-state index in [1.54, 1.807) is 32.9 Å². The van der Waals surface area contributed by atoms with Crippen molar-refractivity contribution in [2.24, 2.45) is 0 Å². The predicted molar refractivity (Wildman–Crippen MR) is 102 cm³/mol. The van der Waals surface area contributed by atoms with E-state index in [0.29, 0.717) is 21.6 Å². The lowest BCUT2D eigenvalue weighted by Gasteiger charge is -2.19. The van der Waals surface area contributed by atoms with E-state index in [1.165, 1.54) is 20.3 Å². The number of carbonyl (C=O) groups excluding carboxylic acids is 1. The molecule has 10 heteroatoms. The van der Waals surface area contributed by atoms with E-state index in [4.69, 9.17) is 14.2 Å². The van der Waals surface area contributed by atoms with Crippen LogP contribution in [0.2, 0.25) is 0 Å². The maximum absolute atomic E-state index is 13.7. The zero-order valence-electron chi connectivity index (χ0n) is 17.0. The number of rotatable bonds is 4. The van der Waals surface area contributed by atoms with Crippen LogP contribution in [0.4, 0.5) is 13.2 Å². The number of ether oxygens (including phenoxy) is 3. The normalized spacial score (nSPS) is 12.1. The summed E-state index contributed by atoms with van der Waals surface area (Å²) in [5.74, 6) is -0.0779. The Hall–Kier alpha value is -3.30. The number of aromatic nitrogens is 3. The molecule has 0 fully saturated rings. The molecule has 0 aliphatic heterocycles. The molecule has 0 unspecified atom stereocenters. The first kappa shape index (κ1) is 21.4. The van der Waals surface area contributed by atoms with Crippen molar-refractivity contribution in [3.8, 4) is 22.8 Å². The minimum atomic E-state index is -4.73. The molecule has 1 aromatic carbocycles. The predicted octanol–water partition coefficient (Wildman–Crippen LogP) is 4.39. The van der Waals surface area contributed by atoms with Gasteiger partial charge in [0.25, 0.3) is 0 Å². The van der Waals surface area contributed by atoms with Gasteiger partial charge in [-0.25, -0.2) is 14.3 Å². The number of hydrogen-bond acceptors (Lipinski definition) is 6. The Morgan fingerprint density at radius 3 is 2.27 bits per heavy atom. The van der Waals surface area contributed by atoms with Crippen molar-refractivity contribution in [1.29, 1.82) is 0 Å². The van der Waals surface area contributed by atoms with Crippen molar-refractivity contribution < 1.29 is 32.2 Å². The number of hydrogen-bond donors (Lipinski definition) is 0. The summed E-state index contributed by atoms with van der Waals surface area (Å²) in [6.45, 7) is 4.96. The van der Waals surface area contributed by atoms with Gasteiger partial charge in [-0.2, -0.15) is 18.3 Å². The summed E-state index contributed by atoms with van der Waals surface area (Å²) in [5, 5.41) is 3.72. The Labute approximate surface area is 170 Å². The first-order valence-corrected chi connectivity index (χ1v) is 8.86. The van der Waals surface area contributed by atoms with Crippen LogP contribution in [0.5, 0.6) is 11.5 Å². The molecule has 0 N–H and O–H groups in total. The number of esters is 1. The summed E-state index contributed by atoms with van der Waals surface area (Å²) in [6, 6.07) is 5.46. The average molecular weight is 423 g/mol. The molecule has 0 aliphatic carbocycles. The highest BCUT2D eigenvalue weighted by atomic mass is 19.4. The lowest BCUT2D eigenvalue weighted by Crippen LogP contribution is -2.24. The van der Waals surface area contributed by atoms with Gasteiger partial charge in [-0.3, -0.25) is 0 Å². The van der Waals surface area contributed by atoms with Crippen molar-refractivity contribution in [2.45, 2.75) is 32.5 Å². The van der Waals surface area contributed by atoms with E-state index in [2.05, 4.69) is 10.1 Å². The largest absolute Gasteiger partial charge is 0.493 e. The van der Waals surface area contributed by atoms with E-state index in [0.717, 1.165) is 12.3 Å². The van der Waals surface area contributed by atoms with E-state index in [-0.39, 0.29) is 16.9 Å². The van der Waals surface area contributed by atoms with Crippen molar-refractivity contribution in [3.05, 3.63) is 41.7 Å². The lowest BCUT2D eigenvalue weighted by molar-refractivity contribution is -0.142. The zero-order chi connectivity index (χ0) is 22.3. The molecular weight excluding hydrogens is 403 g/mol. The van der Waals surface area contributed by atoms with Gasteiger partial charge in [-0.05, 0) is 45.0 Å². The molecule has 3 rings (SSSR count). The number of nitrogens with zero attached hydrogens (tertiary/aromatic N) is 3. The molecule has 0 saturated carbocycles. The molecule has 3 aromatic rings. The van der Waals surface area contributed by atoms with Gasteiger partial charge in [0, 0.05) is 5.56 Å². The second-order valence-electron chi connectivity index (χ2n) is 7.39. The third kappa shape index (κ3) is 4.17. The van der Waals surface area contributed by atoms with Gasteiger partial charge in [-0.1, -0.05) is 0 Å². The Kier molecular flexibility index (Phi) is 5.36. The van der Waals surface area contributed by atoms with E-state index in [1.807, 2.05) is 0 Å². The number of benzene rings is 1. The van der Waals surface area contributed by atoms with Gasteiger partial charge >= 0.3 is 12.1 Å². The Balaban J connectivity index is 2.23. The van der Waals surface area contributed by atoms with Crippen LogP contribution in [-0.4, -0.2) is 40.4 Å². The molecule has 0 spiro atoms. The summed E-state index contributed by atoms with van der Waals surface area (Å²) in [7, 11) is 2.86. The number of methoxy groups -OCH3 is 2. The number of alkyl halides is 3. The third-order valence-corrected chi connectivity index (χ3v) is 4.06. The SMILES string of the molecule is COc1ccc(-c2cc(C(F)(F)F)n3ncc(C(=O)OC(C)(C)C)c3n2)cc1OC. The summed E-state index contributed by atoms with van der Waals surface area (Å²) < 4.78 is 57.4. The second kappa shape index (κ2) is 7.51. The molecular formula is C20H20F3N3O4. The Morgan fingerprint density at radius 1 is 1.03 bits per heavy atom. The number of halogens is 3. The Bertz CT molecular complexity index is 1100. The molecule has 0 amide bonds. The van der Waals surface area contributed by atoms with E-state index in [9.17, 15) is 18.0 Å². The van der Waals surface area contributed by atoms with Crippen molar-refractivity contribution >= 4 is 11.6 Å². The van der Waals surface area contributed by atoms with Crippen molar-refractivity contribution in [2.75, 3.05) is 14.2 Å². The van der Waals surface area contributed by atoms with Gasteiger partial charge in [-0.15, -0.1) is 0 Å². The molecule has 2 aromatic heterocycles. The van der Waals surface area contributed by atoms with Crippen LogP contribution >= 0.6 is 0 Å². The first-order valence-electron chi connectivity index (χ1n) is 8.86. The van der Waals surface area contributed by atoms with Gasteiger partial charge in [0.05, 0.1) is 26.1 Å². The van der Waals surface area contributed by atoms with Crippen LogP contribution in [0.3, 0.4) is 0 Å².